The highest BCUT2D eigenvalue weighted by atomic mass is 79.9. The molecule has 0 aliphatic carbocycles. The molecule has 0 unspecified atom stereocenters. The second-order valence-electron chi connectivity index (χ2n) is 6.11. The first-order valence-corrected chi connectivity index (χ1v) is 11.0. The Labute approximate surface area is 176 Å². The molecule has 1 heterocycles. The Hall–Kier alpha value is -1.68. The Morgan fingerprint density at radius 3 is 2.50 bits per heavy atom. The fourth-order valence-corrected chi connectivity index (χ4v) is 4.83. The van der Waals surface area contributed by atoms with Crippen LogP contribution in [0, 0.1) is 5.82 Å². The number of carbonyl (C=O) groups is 1. The molecule has 1 saturated heterocycles. The summed E-state index contributed by atoms with van der Waals surface area (Å²) in [6.07, 6.45) is 0. The summed E-state index contributed by atoms with van der Waals surface area (Å²) in [4.78, 5) is 13.9. The van der Waals surface area contributed by atoms with E-state index in [9.17, 15) is 17.6 Å². The van der Waals surface area contributed by atoms with Crippen molar-refractivity contribution in [3.8, 4) is 5.75 Å². The molecule has 1 amide bonds. The Kier molecular flexibility index (Phi) is 6.59. The zero-order chi connectivity index (χ0) is 20.3. The highest BCUT2D eigenvalue weighted by Gasteiger charge is 2.30. The average molecular weight is 492 g/mol. The van der Waals surface area contributed by atoms with Crippen LogP contribution in [0.2, 0.25) is 5.02 Å². The highest BCUT2D eigenvalue weighted by molar-refractivity contribution is 9.10. The molecular weight excluding hydrogens is 475 g/mol. The molecule has 0 atom stereocenters. The second kappa shape index (κ2) is 8.77. The summed E-state index contributed by atoms with van der Waals surface area (Å²) in [5.41, 5.74) is 0. The minimum atomic E-state index is -3.67. The van der Waals surface area contributed by atoms with Crippen LogP contribution in [0.15, 0.2) is 51.8 Å². The van der Waals surface area contributed by atoms with Crippen molar-refractivity contribution in [2.45, 2.75) is 4.90 Å². The molecule has 1 aliphatic rings. The minimum Gasteiger partial charge on any atom is -0.481 e. The third-order valence-electron chi connectivity index (χ3n) is 4.27. The van der Waals surface area contributed by atoms with Crippen molar-refractivity contribution >= 4 is 43.5 Å². The van der Waals surface area contributed by atoms with Gasteiger partial charge in [-0.25, -0.2) is 12.8 Å². The number of hydrogen-bond donors (Lipinski definition) is 0. The van der Waals surface area contributed by atoms with Gasteiger partial charge >= 0.3 is 0 Å². The fourth-order valence-electron chi connectivity index (χ4n) is 2.78. The van der Waals surface area contributed by atoms with E-state index in [4.69, 9.17) is 16.3 Å². The molecule has 150 valence electrons. The van der Waals surface area contributed by atoms with Crippen molar-refractivity contribution in [1.29, 1.82) is 0 Å². The van der Waals surface area contributed by atoms with Gasteiger partial charge in [0.25, 0.3) is 5.91 Å². The normalized spacial score (nSPS) is 15.5. The van der Waals surface area contributed by atoms with Gasteiger partial charge in [0.2, 0.25) is 10.0 Å². The molecule has 10 heteroatoms. The maximum atomic E-state index is 13.8. The van der Waals surface area contributed by atoms with E-state index in [1.807, 2.05) is 0 Å². The molecule has 28 heavy (non-hydrogen) atoms. The van der Waals surface area contributed by atoms with Crippen molar-refractivity contribution in [1.82, 2.24) is 9.21 Å². The van der Waals surface area contributed by atoms with Crippen LogP contribution in [0.25, 0.3) is 0 Å². The van der Waals surface area contributed by atoms with Gasteiger partial charge in [-0.05, 0) is 36.4 Å². The molecule has 1 aliphatic heterocycles. The summed E-state index contributed by atoms with van der Waals surface area (Å²) < 4.78 is 46.3. The van der Waals surface area contributed by atoms with Crippen LogP contribution in [0.3, 0.4) is 0 Å². The van der Waals surface area contributed by atoms with Gasteiger partial charge in [0.1, 0.15) is 0 Å². The maximum absolute atomic E-state index is 13.8. The summed E-state index contributed by atoms with van der Waals surface area (Å²) in [5.74, 6) is -0.916. The molecule has 2 aromatic rings. The summed E-state index contributed by atoms with van der Waals surface area (Å²) in [5, 5.41) is 0.340. The van der Waals surface area contributed by atoms with Crippen molar-refractivity contribution in [2.24, 2.45) is 0 Å². The summed E-state index contributed by atoms with van der Waals surface area (Å²) >= 11 is 9.03. The van der Waals surface area contributed by atoms with E-state index in [0.717, 1.165) is 0 Å². The first-order chi connectivity index (χ1) is 13.3. The van der Waals surface area contributed by atoms with Crippen molar-refractivity contribution in [3.05, 3.63) is 57.8 Å². The SMILES string of the molecule is O=C(COc1ccc(Br)cc1F)N1CCN(S(=O)(=O)c2cccc(Cl)c2)CC1. The van der Waals surface area contributed by atoms with Gasteiger partial charge in [0, 0.05) is 35.7 Å². The highest BCUT2D eigenvalue weighted by Crippen LogP contribution is 2.22. The van der Waals surface area contributed by atoms with E-state index in [1.54, 1.807) is 18.2 Å². The lowest BCUT2D eigenvalue weighted by molar-refractivity contribution is -0.134. The molecule has 1 fully saturated rings. The lowest BCUT2D eigenvalue weighted by Gasteiger charge is -2.34. The van der Waals surface area contributed by atoms with Crippen LogP contribution < -0.4 is 4.74 Å². The molecule has 0 saturated carbocycles. The van der Waals surface area contributed by atoms with Gasteiger partial charge in [0.05, 0.1) is 4.90 Å². The first kappa shape index (κ1) is 21.0. The van der Waals surface area contributed by atoms with E-state index in [2.05, 4.69) is 15.9 Å². The van der Waals surface area contributed by atoms with E-state index in [0.29, 0.717) is 9.50 Å². The van der Waals surface area contributed by atoms with Crippen molar-refractivity contribution in [3.63, 3.8) is 0 Å². The monoisotopic (exact) mass is 490 g/mol. The quantitative estimate of drug-likeness (QED) is 0.644. The van der Waals surface area contributed by atoms with Crippen LogP contribution >= 0.6 is 27.5 Å². The zero-order valence-corrected chi connectivity index (χ0v) is 17.8. The number of piperazine rings is 1. The van der Waals surface area contributed by atoms with Crippen molar-refractivity contribution in [2.75, 3.05) is 32.8 Å². The van der Waals surface area contributed by atoms with Crippen LogP contribution in [0.4, 0.5) is 4.39 Å². The first-order valence-electron chi connectivity index (χ1n) is 8.39. The number of amides is 1. The van der Waals surface area contributed by atoms with Gasteiger partial charge in [0.15, 0.2) is 18.2 Å². The van der Waals surface area contributed by atoms with Gasteiger partial charge < -0.3 is 9.64 Å². The summed E-state index contributed by atoms with van der Waals surface area (Å²) in [6.45, 7) is 0.454. The number of carbonyl (C=O) groups excluding carboxylic acids is 1. The molecule has 0 N–H and O–H groups in total. The van der Waals surface area contributed by atoms with Crippen LogP contribution in [-0.2, 0) is 14.8 Å². The number of rotatable bonds is 5. The van der Waals surface area contributed by atoms with Crippen LogP contribution in [-0.4, -0.2) is 56.3 Å². The largest absolute Gasteiger partial charge is 0.481 e. The fraction of sp³-hybridized carbons (Fsp3) is 0.278. The molecule has 6 nitrogen and oxygen atoms in total. The maximum Gasteiger partial charge on any atom is 0.260 e. The Morgan fingerprint density at radius 1 is 1.14 bits per heavy atom. The Bertz CT molecular complexity index is 981. The molecular formula is C18H17BrClFN2O4S. The van der Waals surface area contributed by atoms with E-state index in [-0.39, 0.29) is 49.3 Å². The van der Waals surface area contributed by atoms with E-state index in [1.165, 1.54) is 33.5 Å². The number of nitrogens with zero attached hydrogens (tertiary/aromatic N) is 2. The summed E-state index contributed by atoms with van der Waals surface area (Å²) in [6, 6.07) is 10.4. The predicted molar refractivity (Wildman–Crippen MR) is 106 cm³/mol. The predicted octanol–water partition coefficient (Wildman–Crippen LogP) is 3.15. The molecule has 0 bridgehead atoms. The molecule has 0 aromatic heterocycles. The number of hydrogen-bond acceptors (Lipinski definition) is 4. The average Bonchev–Trinajstić information content (AvgIpc) is 2.67. The van der Waals surface area contributed by atoms with Crippen LogP contribution in [0.5, 0.6) is 5.75 Å². The Balaban J connectivity index is 1.56. The molecule has 2 aromatic carbocycles. The van der Waals surface area contributed by atoms with Crippen molar-refractivity contribution < 1.29 is 22.3 Å². The third-order valence-corrected chi connectivity index (χ3v) is 6.89. The van der Waals surface area contributed by atoms with Gasteiger partial charge in [-0.1, -0.05) is 33.6 Å². The van der Waals surface area contributed by atoms with Gasteiger partial charge in [-0.15, -0.1) is 0 Å². The van der Waals surface area contributed by atoms with Gasteiger partial charge in [-0.2, -0.15) is 4.31 Å². The number of halogens is 3. The summed E-state index contributed by atoms with van der Waals surface area (Å²) in [7, 11) is -3.67. The zero-order valence-electron chi connectivity index (χ0n) is 14.6. The standard InChI is InChI=1S/C18H17BrClFN2O4S/c19-13-4-5-17(16(21)10-13)27-12-18(24)22-6-8-23(9-7-22)28(25,26)15-3-1-2-14(20)11-15/h1-5,10-11H,6-9,12H2. The van der Waals surface area contributed by atoms with Gasteiger partial charge in [-0.3, -0.25) is 4.79 Å². The lowest BCUT2D eigenvalue weighted by Crippen LogP contribution is -2.51. The van der Waals surface area contributed by atoms with E-state index < -0.39 is 15.8 Å². The van der Waals surface area contributed by atoms with E-state index >= 15 is 0 Å². The third kappa shape index (κ3) is 4.83. The topological polar surface area (TPSA) is 66.9 Å². The number of ether oxygens (including phenoxy) is 1. The lowest BCUT2D eigenvalue weighted by atomic mass is 10.3. The molecule has 0 radical (unpaired) electrons. The minimum absolute atomic E-state index is 0.0151. The molecule has 0 spiro atoms. The second-order valence-corrected chi connectivity index (χ2v) is 9.40. The number of benzene rings is 2. The van der Waals surface area contributed by atoms with Crippen LogP contribution in [0.1, 0.15) is 0 Å². The smallest absolute Gasteiger partial charge is 0.260 e. The number of sulfonamides is 1. The Morgan fingerprint density at radius 2 is 1.86 bits per heavy atom. The molecule has 3 rings (SSSR count).